The van der Waals surface area contributed by atoms with Crippen LogP contribution in [0.1, 0.15) is 19.3 Å². The normalized spacial score (nSPS) is 17.9. The average Bonchev–Trinajstić information content (AvgIpc) is 2.22. The van der Waals surface area contributed by atoms with E-state index in [1.54, 1.807) is 0 Å². The molecule has 1 aromatic heterocycles. The molecule has 2 rings (SSSR count). The van der Waals surface area contributed by atoms with Crippen LogP contribution < -0.4 is 5.32 Å². The predicted octanol–water partition coefficient (Wildman–Crippen LogP) is 3.48. The molecular weight excluding hydrogens is 265 g/mol. The molecular formula is C10H13Cl2N3S. The molecule has 1 N–H and O–H groups in total. The average molecular weight is 278 g/mol. The van der Waals surface area contributed by atoms with Gasteiger partial charge < -0.3 is 5.32 Å². The summed E-state index contributed by atoms with van der Waals surface area (Å²) >= 11 is 13.6. The zero-order chi connectivity index (χ0) is 11.6. The Balaban J connectivity index is 2.01. The Kier molecular flexibility index (Phi) is 3.82. The summed E-state index contributed by atoms with van der Waals surface area (Å²) in [5.74, 6) is 0.627. The first kappa shape index (κ1) is 12.3. The van der Waals surface area contributed by atoms with Gasteiger partial charge in [-0.25, -0.2) is 4.98 Å². The maximum absolute atomic E-state index is 5.98. The fourth-order valence-corrected chi connectivity index (χ4v) is 2.94. The molecule has 6 heteroatoms. The van der Waals surface area contributed by atoms with E-state index in [0.29, 0.717) is 15.6 Å². The van der Waals surface area contributed by atoms with Crippen molar-refractivity contribution in [2.24, 2.45) is 0 Å². The number of nitrogens with zero attached hydrogens (tertiary/aromatic N) is 2. The number of hydrogen-bond acceptors (Lipinski definition) is 4. The minimum Gasteiger partial charge on any atom is -0.367 e. The fraction of sp³-hybridized carbons (Fsp3) is 0.600. The summed E-state index contributed by atoms with van der Waals surface area (Å²) in [5, 5.41) is 3.99. The standard InChI is InChI=1S/C10H13Cl2N3S/c1-16-10(3-2-4-10)6-14-8-7(11)5-13-9(12)15-8/h5H,2-4,6H2,1H3,(H,13,14,15). The number of anilines is 1. The number of aromatic nitrogens is 2. The summed E-state index contributed by atoms with van der Waals surface area (Å²) in [5.41, 5.74) is 0. The maximum Gasteiger partial charge on any atom is 0.224 e. The molecule has 0 saturated heterocycles. The molecule has 1 fully saturated rings. The fourth-order valence-electron chi connectivity index (χ4n) is 1.74. The quantitative estimate of drug-likeness (QED) is 0.856. The van der Waals surface area contributed by atoms with Crippen LogP contribution in [0.5, 0.6) is 0 Å². The smallest absolute Gasteiger partial charge is 0.224 e. The van der Waals surface area contributed by atoms with Crippen molar-refractivity contribution in [1.29, 1.82) is 0 Å². The molecule has 0 radical (unpaired) electrons. The van der Waals surface area contributed by atoms with Gasteiger partial charge in [-0.3, -0.25) is 0 Å². The highest BCUT2D eigenvalue weighted by Gasteiger charge is 2.36. The first-order valence-corrected chi connectivity index (χ1v) is 7.10. The minimum atomic E-state index is 0.221. The van der Waals surface area contributed by atoms with Crippen LogP contribution >= 0.6 is 35.0 Å². The zero-order valence-corrected chi connectivity index (χ0v) is 11.3. The lowest BCUT2D eigenvalue weighted by atomic mass is 9.84. The molecule has 1 aromatic rings. The van der Waals surface area contributed by atoms with Gasteiger partial charge in [0.2, 0.25) is 5.28 Å². The molecule has 1 aliphatic carbocycles. The number of halogens is 2. The van der Waals surface area contributed by atoms with Gasteiger partial charge >= 0.3 is 0 Å². The van der Waals surface area contributed by atoms with Gasteiger partial charge in [-0.2, -0.15) is 16.7 Å². The monoisotopic (exact) mass is 277 g/mol. The predicted molar refractivity (Wildman–Crippen MR) is 70.6 cm³/mol. The summed E-state index contributed by atoms with van der Waals surface area (Å²) in [4.78, 5) is 7.89. The largest absolute Gasteiger partial charge is 0.367 e. The van der Waals surface area contributed by atoms with Crippen LogP contribution in [0.2, 0.25) is 10.3 Å². The third-order valence-electron chi connectivity index (χ3n) is 2.99. The van der Waals surface area contributed by atoms with Crippen LogP contribution in [0, 0.1) is 0 Å². The van der Waals surface area contributed by atoms with Crippen LogP contribution in [-0.4, -0.2) is 27.5 Å². The molecule has 0 aromatic carbocycles. The lowest BCUT2D eigenvalue weighted by Gasteiger charge is -2.40. The molecule has 1 aliphatic rings. The van der Waals surface area contributed by atoms with Crippen molar-refractivity contribution in [3.8, 4) is 0 Å². The third kappa shape index (κ3) is 2.55. The Hall–Kier alpha value is -0.190. The van der Waals surface area contributed by atoms with E-state index in [9.17, 15) is 0 Å². The molecule has 0 bridgehead atoms. The second-order valence-corrected chi connectivity index (χ2v) is 5.95. The van der Waals surface area contributed by atoms with Crippen molar-refractivity contribution >= 4 is 40.8 Å². The Morgan fingerprint density at radius 2 is 2.25 bits per heavy atom. The number of rotatable bonds is 4. The van der Waals surface area contributed by atoms with Gasteiger partial charge in [0.05, 0.1) is 6.20 Å². The molecule has 88 valence electrons. The number of nitrogens with one attached hydrogen (secondary N) is 1. The third-order valence-corrected chi connectivity index (χ3v) is 4.87. The zero-order valence-electron chi connectivity index (χ0n) is 8.96. The highest BCUT2D eigenvalue weighted by atomic mass is 35.5. The first-order valence-electron chi connectivity index (χ1n) is 5.12. The highest BCUT2D eigenvalue weighted by molar-refractivity contribution is 8.00. The second kappa shape index (κ2) is 4.98. The van der Waals surface area contributed by atoms with E-state index in [1.165, 1.54) is 25.5 Å². The lowest BCUT2D eigenvalue weighted by Crippen LogP contribution is -2.40. The van der Waals surface area contributed by atoms with Gasteiger partial charge in [0.25, 0.3) is 0 Å². The SMILES string of the molecule is CSC1(CNc2nc(Cl)ncc2Cl)CCC1. The van der Waals surface area contributed by atoms with Gasteiger partial charge in [-0.15, -0.1) is 0 Å². The van der Waals surface area contributed by atoms with Crippen molar-refractivity contribution in [2.75, 3.05) is 18.1 Å². The summed E-state index contributed by atoms with van der Waals surface area (Å²) < 4.78 is 0.348. The summed E-state index contributed by atoms with van der Waals surface area (Å²) in [6.07, 6.45) is 7.47. The Morgan fingerprint density at radius 3 is 2.81 bits per heavy atom. The molecule has 0 unspecified atom stereocenters. The van der Waals surface area contributed by atoms with Gasteiger partial charge in [0.1, 0.15) is 10.8 Å². The summed E-state index contributed by atoms with van der Waals surface area (Å²) in [6.45, 7) is 0.876. The number of hydrogen-bond donors (Lipinski definition) is 1. The molecule has 1 saturated carbocycles. The maximum atomic E-state index is 5.98. The van der Waals surface area contributed by atoms with E-state index >= 15 is 0 Å². The number of thioether (sulfide) groups is 1. The summed E-state index contributed by atoms with van der Waals surface area (Å²) in [6, 6.07) is 0. The molecule has 0 spiro atoms. The van der Waals surface area contributed by atoms with Crippen molar-refractivity contribution in [2.45, 2.75) is 24.0 Å². The minimum absolute atomic E-state index is 0.221. The topological polar surface area (TPSA) is 37.8 Å². The van der Waals surface area contributed by atoms with E-state index in [4.69, 9.17) is 23.2 Å². The molecule has 1 heterocycles. The van der Waals surface area contributed by atoms with Crippen molar-refractivity contribution < 1.29 is 0 Å². The van der Waals surface area contributed by atoms with Crippen LogP contribution in [0.25, 0.3) is 0 Å². The molecule has 16 heavy (non-hydrogen) atoms. The van der Waals surface area contributed by atoms with Crippen LogP contribution in [0.4, 0.5) is 5.82 Å². The van der Waals surface area contributed by atoms with Gasteiger partial charge in [-0.1, -0.05) is 18.0 Å². The highest BCUT2D eigenvalue weighted by Crippen LogP contribution is 2.42. The Labute approximate surface area is 109 Å². The van der Waals surface area contributed by atoms with Crippen LogP contribution in [0.3, 0.4) is 0 Å². The van der Waals surface area contributed by atoms with E-state index in [2.05, 4.69) is 21.5 Å². The molecule has 3 nitrogen and oxygen atoms in total. The van der Waals surface area contributed by atoms with E-state index in [1.807, 2.05) is 11.8 Å². The van der Waals surface area contributed by atoms with E-state index in [0.717, 1.165) is 6.54 Å². The molecule has 0 amide bonds. The summed E-state index contributed by atoms with van der Waals surface area (Å²) in [7, 11) is 0. The Morgan fingerprint density at radius 1 is 1.50 bits per heavy atom. The van der Waals surface area contributed by atoms with Gasteiger partial charge in [0, 0.05) is 11.3 Å². The van der Waals surface area contributed by atoms with Crippen molar-refractivity contribution in [3.05, 3.63) is 16.5 Å². The van der Waals surface area contributed by atoms with Crippen LogP contribution in [0.15, 0.2) is 6.20 Å². The van der Waals surface area contributed by atoms with Gasteiger partial charge in [0.15, 0.2) is 0 Å². The second-order valence-electron chi connectivity index (χ2n) is 3.93. The van der Waals surface area contributed by atoms with Crippen molar-refractivity contribution in [1.82, 2.24) is 9.97 Å². The van der Waals surface area contributed by atoms with Crippen molar-refractivity contribution in [3.63, 3.8) is 0 Å². The van der Waals surface area contributed by atoms with Crippen LogP contribution in [-0.2, 0) is 0 Å². The van der Waals surface area contributed by atoms with E-state index < -0.39 is 0 Å². The Bertz CT molecular complexity index is 377. The van der Waals surface area contributed by atoms with E-state index in [-0.39, 0.29) is 5.28 Å². The first-order chi connectivity index (χ1) is 7.65. The van der Waals surface area contributed by atoms with Gasteiger partial charge in [-0.05, 0) is 30.7 Å². The molecule has 0 aliphatic heterocycles. The molecule has 0 atom stereocenters. The lowest BCUT2D eigenvalue weighted by molar-refractivity contribution is 0.379.